The molecular formula is C31H56N+. The molecule has 0 amide bonds. The topological polar surface area (TPSA) is 0 Å². The smallest absolute Gasteiger partial charge is 0.104 e. The molecule has 0 saturated carbocycles. The second-order valence-corrected chi connectivity index (χ2v) is 10.1. The highest BCUT2D eigenvalue weighted by Gasteiger charge is 2.23. The van der Waals surface area contributed by atoms with Crippen LogP contribution in [0.4, 0.5) is 0 Å². The Labute approximate surface area is 202 Å². The summed E-state index contributed by atoms with van der Waals surface area (Å²) < 4.78 is 1.23. The Hall–Kier alpha value is -1.08. The zero-order valence-corrected chi connectivity index (χ0v) is 22.2. The van der Waals surface area contributed by atoms with Crippen molar-refractivity contribution in [2.24, 2.45) is 0 Å². The molecule has 0 saturated heterocycles. The third-order valence-corrected chi connectivity index (χ3v) is 7.56. The molecule has 0 aliphatic heterocycles. The van der Waals surface area contributed by atoms with E-state index < -0.39 is 0 Å². The van der Waals surface area contributed by atoms with Crippen LogP contribution in [0, 0.1) is 0 Å². The number of hydrogen-bond donors (Lipinski definition) is 0. The number of unbranched alkanes of at least 4 members (excludes halogenated alkanes) is 15. The van der Waals surface area contributed by atoms with Crippen molar-refractivity contribution < 1.29 is 4.48 Å². The van der Waals surface area contributed by atoms with Crippen LogP contribution in [0.25, 0.3) is 6.08 Å². The predicted molar refractivity (Wildman–Crippen MR) is 146 cm³/mol. The summed E-state index contributed by atoms with van der Waals surface area (Å²) in [5, 5.41) is 0. The molecule has 1 rings (SSSR count). The fraction of sp³-hybridized carbons (Fsp3) is 0.742. The summed E-state index contributed by atoms with van der Waals surface area (Å²) in [5.74, 6) is 0. The molecule has 0 aliphatic rings. The van der Waals surface area contributed by atoms with E-state index in [1.165, 1.54) is 145 Å². The maximum absolute atomic E-state index is 3.87. The van der Waals surface area contributed by atoms with E-state index in [9.17, 15) is 0 Å². The van der Waals surface area contributed by atoms with Crippen molar-refractivity contribution in [1.29, 1.82) is 0 Å². The van der Waals surface area contributed by atoms with Crippen LogP contribution >= 0.6 is 0 Å². The van der Waals surface area contributed by atoms with Gasteiger partial charge in [-0.2, -0.15) is 0 Å². The van der Waals surface area contributed by atoms with Crippen molar-refractivity contribution in [3.05, 3.63) is 42.0 Å². The molecule has 0 aromatic heterocycles. The normalized spacial score (nSPS) is 11.7. The highest BCUT2D eigenvalue weighted by molar-refractivity contribution is 5.47. The molecule has 0 spiro atoms. The van der Waals surface area contributed by atoms with Gasteiger partial charge in [-0.3, -0.25) is 0 Å². The van der Waals surface area contributed by atoms with Crippen molar-refractivity contribution in [2.45, 2.75) is 130 Å². The fourth-order valence-electron chi connectivity index (χ4n) is 4.98. The molecule has 0 heterocycles. The molecule has 1 aromatic rings. The van der Waals surface area contributed by atoms with Gasteiger partial charge in [0.15, 0.2) is 0 Å². The first-order valence-corrected chi connectivity index (χ1v) is 14.3. The molecule has 0 unspecified atom stereocenters. The molecular weight excluding hydrogens is 386 g/mol. The van der Waals surface area contributed by atoms with Gasteiger partial charge in [-0.15, -0.1) is 0 Å². The molecule has 1 heteroatoms. The summed E-state index contributed by atoms with van der Waals surface area (Å²) in [6.07, 6.45) is 25.0. The van der Waals surface area contributed by atoms with Crippen molar-refractivity contribution in [3.63, 3.8) is 0 Å². The van der Waals surface area contributed by atoms with Crippen molar-refractivity contribution in [2.75, 3.05) is 19.6 Å². The van der Waals surface area contributed by atoms with Crippen LogP contribution in [0.2, 0.25) is 0 Å². The molecule has 0 N–H and O–H groups in total. The summed E-state index contributed by atoms with van der Waals surface area (Å²) in [6, 6.07) is 9.00. The van der Waals surface area contributed by atoms with Gasteiger partial charge in [0.1, 0.15) is 6.54 Å². The van der Waals surface area contributed by atoms with Gasteiger partial charge in [0.2, 0.25) is 0 Å². The Morgan fingerprint density at radius 3 is 1.38 bits per heavy atom. The van der Waals surface area contributed by atoms with Crippen LogP contribution < -0.4 is 0 Å². The Morgan fingerprint density at radius 2 is 1.00 bits per heavy atom. The van der Waals surface area contributed by atoms with Crippen LogP contribution in [0.1, 0.15) is 135 Å². The molecule has 0 aliphatic carbocycles. The summed E-state index contributed by atoms with van der Waals surface area (Å²) in [4.78, 5) is 0. The first-order valence-electron chi connectivity index (χ1n) is 14.3. The van der Waals surface area contributed by atoms with E-state index in [1.807, 2.05) is 6.08 Å². The van der Waals surface area contributed by atoms with Crippen molar-refractivity contribution in [1.82, 2.24) is 0 Å². The van der Waals surface area contributed by atoms with E-state index in [0.717, 1.165) is 0 Å². The lowest BCUT2D eigenvalue weighted by molar-refractivity contribution is -0.938. The summed E-state index contributed by atoms with van der Waals surface area (Å²) in [5.41, 5.74) is 2.69. The molecule has 32 heavy (non-hydrogen) atoms. The van der Waals surface area contributed by atoms with E-state index >= 15 is 0 Å². The summed E-state index contributed by atoms with van der Waals surface area (Å²) in [7, 11) is 0. The first kappa shape index (κ1) is 29.0. The average molecular weight is 443 g/mol. The van der Waals surface area contributed by atoms with Crippen LogP contribution in [0.5, 0.6) is 0 Å². The maximum Gasteiger partial charge on any atom is 0.104 e. The largest absolute Gasteiger partial charge is 0.320 e. The van der Waals surface area contributed by atoms with Gasteiger partial charge in [0.05, 0.1) is 19.6 Å². The Balaban J connectivity index is 2.03. The van der Waals surface area contributed by atoms with Gasteiger partial charge in [-0.1, -0.05) is 134 Å². The average Bonchev–Trinajstić information content (AvgIpc) is 2.83. The highest BCUT2D eigenvalue weighted by atomic mass is 15.3. The standard InChI is InChI=1S/C31H56N/c1-5-9-10-11-12-13-14-15-16-17-18-19-20-21-22-23-28-32(7-3,8-4)29-31-26-24-30(6-2)25-27-31/h6,24-27H,2,5,7-23,28-29H2,1,3-4H3/q+1. The second-order valence-electron chi connectivity index (χ2n) is 10.1. The summed E-state index contributed by atoms with van der Waals surface area (Å²) in [6.45, 7) is 15.9. The van der Waals surface area contributed by atoms with E-state index in [2.05, 4.69) is 51.6 Å². The number of rotatable bonds is 22. The lowest BCUT2D eigenvalue weighted by Gasteiger charge is -2.37. The van der Waals surface area contributed by atoms with E-state index in [4.69, 9.17) is 0 Å². The van der Waals surface area contributed by atoms with Crippen molar-refractivity contribution >= 4 is 6.08 Å². The molecule has 1 nitrogen and oxygen atoms in total. The second kappa shape index (κ2) is 19.4. The first-order chi connectivity index (χ1) is 15.7. The minimum atomic E-state index is 1.17. The molecule has 0 radical (unpaired) electrons. The fourth-order valence-corrected chi connectivity index (χ4v) is 4.98. The highest BCUT2D eigenvalue weighted by Crippen LogP contribution is 2.19. The van der Waals surface area contributed by atoms with E-state index in [1.54, 1.807) is 0 Å². The molecule has 184 valence electrons. The van der Waals surface area contributed by atoms with Crippen LogP contribution in [-0.2, 0) is 6.54 Å². The monoisotopic (exact) mass is 442 g/mol. The zero-order valence-electron chi connectivity index (χ0n) is 22.2. The van der Waals surface area contributed by atoms with Gasteiger partial charge < -0.3 is 4.48 Å². The van der Waals surface area contributed by atoms with Gasteiger partial charge in [0, 0.05) is 5.56 Å². The van der Waals surface area contributed by atoms with Gasteiger partial charge in [0.25, 0.3) is 0 Å². The molecule has 0 bridgehead atoms. The number of quaternary nitrogens is 1. The van der Waals surface area contributed by atoms with Gasteiger partial charge in [-0.05, 0) is 32.3 Å². The van der Waals surface area contributed by atoms with Crippen LogP contribution in [0.3, 0.4) is 0 Å². The Kier molecular flexibility index (Phi) is 17.5. The molecule has 1 aromatic carbocycles. The lowest BCUT2D eigenvalue weighted by atomic mass is 10.0. The van der Waals surface area contributed by atoms with E-state index in [-0.39, 0.29) is 0 Å². The molecule has 0 atom stereocenters. The number of benzene rings is 1. The zero-order chi connectivity index (χ0) is 23.3. The minimum Gasteiger partial charge on any atom is -0.320 e. The summed E-state index contributed by atoms with van der Waals surface area (Å²) >= 11 is 0. The van der Waals surface area contributed by atoms with Gasteiger partial charge in [-0.25, -0.2) is 0 Å². The SMILES string of the molecule is C=Cc1ccc(C[N+](CC)(CC)CCCCCCCCCCCCCCCCCC)cc1. The Morgan fingerprint density at radius 1 is 0.594 bits per heavy atom. The van der Waals surface area contributed by atoms with Crippen LogP contribution in [0.15, 0.2) is 30.8 Å². The number of hydrogen-bond acceptors (Lipinski definition) is 0. The third-order valence-electron chi connectivity index (χ3n) is 7.56. The van der Waals surface area contributed by atoms with E-state index in [0.29, 0.717) is 0 Å². The lowest BCUT2D eigenvalue weighted by Crippen LogP contribution is -2.47. The Bertz CT molecular complexity index is 540. The number of nitrogens with zero attached hydrogens (tertiary/aromatic N) is 1. The third kappa shape index (κ3) is 13.5. The van der Waals surface area contributed by atoms with Gasteiger partial charge >= 0.3 is 0 Å². The minimum absolute atomic E-state index is 1.17. The maximum atomic E-state index is 3.87. The van der Waals surface area contributed by atoms with Crippen LogP contribution in [-0.4, -0.2) is 24.1 Å². The quantitative estimate of drug-likeness (QED) is 0.124. The predicted octanol–water partition coefficient (Wildman–Crippen LogP) is 9.95. The molecule has 0 fully saturated rings. The van der Waals surface area contributed by atoms with Crippen molar-refractivity contribution in [3.8, 4) is 0 Å².